The summed E-state index contributed by atoms with van der Waals surface area (Å²) in [7, 11) is -1.56. The van der Waals surface area contributed by atoms with Crippen LogP contribution in [-0.2, 0) is 9.84 Å². The molecule has 0 amide bonds. The first-order valence-electron chi connectivity index (χ1n) is 7.43. The fourth-order valence-corrected chi connectivity index (χ4v) is 3.49. The van der Waals surface area contributed by atoms with Gasteiger partial charge in [-0.2, -0.15) is 0 Å². The largest absolute Gasteiger partial charge is 0.489 e. The highest BCUT2D eigenvalue weighted by Crippen LogP contribution is 2.16. The highest BCUT2D eigenvalue weighted by atomic mass is 35.5. The van der Waals surface area contributed by atoms with Gasteiger partial charge in [-0.15, -0.1) is 0 Å². The van der Waals surface area contributed by atoms with Gasteiger partial charge in [0.15, 0.2) is 21.4 Å². The van der Waals surface area contributed by atoms with Crippen molar-refractivity contribution in [2.24, 2.45) is 0 Å². The van der Waals surface area contributed by atoms with Gasteiger partial charge in [0.05, 0.1) is 10.6 Å². The number of sulfone groups is 1. The molecular formula is C17H19ClFNO3S. The first-order valence-corrected chi connectivity index (χ1v) is 9.46. The molecule has 0 saturated carbocycles. The second-order valence-corrected chi connectivity index (χ2v) is 7.90. The van der Waals surface area contributed by atoms with E-state index >= 15 is 0 Å². The highest BCUT2D eigenvalue weighted by Gasteiger charge is 2.15. The number of nitrogens with zero attached hydrogens (tertiary/aromatic N) is 1. The number of hydrogen-bond donors (Lipinski definition) is 0. The average Bonchev–Trinajstić information content (AvgIpc) is 2.55. The third-order valence-electron chi connectivity index (χ3n) is 3.48. The zero-order chi connectivity index (χ0) is 17.6. The van der Waals surface area contributed by atoms with Crippen LogP contribution in [0.2, 0.25) is 5.02 Å². The van der Waals surface area contributed by atoms with Crippen molar-refractivity contribution in [2.75, 3.05) is 32.5 Å². The topological polar surface area (TPSA) is 46.6 Å². The van der Waals surface area contributed by atoms with Gasteiger partial charge in [-0.1, -0.05) is 23.7 Å². The molecule has 0 saturated heterocycles. The van der Waals surface area contributed by atoms with Crippen molar-refractivity contribution in [2.45, 2.75) is 4.90 Å². The molecule has 130 valence electrons. The van der Waals surface area contributed by atoms with Gasteiger partial charge in [0.2, 0.25) is 0 Å². The lowest BCUT2D eigenvalue weighted by Gasteiger charge is -2.17. The average molecular weight is 372 g/mol. The van der Waals surface area contributed by atoms with E-state index in [0.29, 0.717) is 18.1 Å². The Labute approximate surface area is 146 Å². The van der Waals surface area contributed by atoms with E-state index in [2.05, 4.69) is 0 Å². The van der Waals surface area contributed by atoms with Crippen molar-refractivity contribution in [1.82, 2.24) is 4.90 Å². The van der Waals surface area contributed by atoms with E-state index in [1.54, 1.807) is 37.4 Å². The summed E-state index contributed by atoms with van der Waals surface area (Å²) in [5, 5.41) is 0.497. The van der Waals surface area contributed by atoms with Gasteiger partial charge < -0.3 is 9.64 Å². The van der Waals surface area contributed by atoms with E-state index in [0.717, 1.165) is 0 Å². The number of rotatable bonds is 8. The molecule has 0 aliphatic heterocycles. The fraction of sp³-hybridized carbons (Fsp3) is 0.294. The molecule has 2 aromatic carbocycles. The minimum Gasteiger partial charge on any atom is -0.489 e. The number of para-hydroxylation sites is 1. The molecule has 0 heterocycles. The molecule has 0 aliphatic rings. The van der Waals surface area contributed by atoms with E-state index in [-0.39, 0.29) is 23.0 Å². The first kappa shape index (κ1) is 18.7. The lowest BCUT2D eigenvalue weighted by atomic mass is 10.3. The molecule has 0 fully saturated rings. The zero-order valence-electron chi connectivity index (χ0n) is 13.3. The highest BCUT2D eigenvalue weighted by molar-refractivity contribution is 7.91. The van der Waals surface area contributed by atoms with Crippen LogP contribution in [0.15, 0.2) is 53.4 Å². The van der Waals surface area contributed by atoms with Crippen LogP contribution in [0.4, 0.5) is 4.39 Å². The Morgan fingerprint density at radius 3 is 2.42 bits per heavy atom. The minimum atomic E-state index is -3.36. The SMILES string of the molecule is CN(CCOc1ccccc1F)CCS(=O)(=O)c1ccc(Cl)cc1. The van der Waals surface area contributed by atoms with E-state index in [1.165, 1.54) is 18.2 Å². The van der Waals surface area contributed by atoms with Gasteiger partial charge in [0, 0.05) is 18.1 Å². The van der Waals surface area contributed by atoms with Crippen molar-refractivity contribution < 1.29 is 17.5 Å². The maximum absolute atomic E-state index is 13.4. The second-order valence-electron chi connectivity index (χ2n) is 5.35. The lowest BCUT2D eigenvalue weighted by molar-refractivity contribution is 0.237. The molecule has 0 bridgehead atoms. The van der Waals surface area contributed by atoms with Crippen LogP contribution in [0.5, 0.6) is 5.75 Å². The Hall–Kier alpha value is -1.63. The van der Waals surface area contributed by atoms with Crippen LogP contribution in [0, 0.1) is 5.82 Å². The van der Waals surface area contributed by atoms with Crippen LogP contribution in [0.1, 0.15) is 0 Å². The molecule has 0 aliphatic carbocycles. The molecule has 0 atom stereocenters. The summed E-state index contributed by atoms with van der Waals surface area (Å²) >= 11 is 5.76. The Balaban J connectivity index is 1.79. The van der Waals surface area contributed by atoms with Gasteiger partial charge in [0.1, 0.15) is 6.61 Å². The Bertz CT molecular complexity index is 766. The number of likely N-dealkylation sites (N-methyl/N-ethyl adjacent to an activating group) is 1. The van der Waals surface area contributed by atoms with E-state index < -0.39 is 15.7 Å². The Morgan fingerprint density at radius 1 is 1.08 bits per heavy atom. The molecule has 4 nitrogen and oxygen atoms in total. The molecular weight excluding hydrogens is 353 g/mol. The van der Waals surface area contributed by atoms with Gasteiger partial charge >= 0.3 is 0 Å². The van der Waals surface area contributed by atoms with Gasteiger partial charge in [0.25, 0.3) is 0 Å². The molecule has 0 radical (unpaired) electrons. The maximum Gasteiger partial charge on any atom is 0.179 e. The zero-order valence-corrected chi connectivity index (χ0v) is 14.9. The van der Waals surface area contributed by atoms with E-state index in [4.69, 9.17) is 16.3 Å². The molecule has 0 unspecified atom stereocenters. The number of ether oxygens (including phenoxy) is 1. The van der Waals surface area contributed by atoms with E-state index in [1.807, 2.05) is 4.90 Å². The monoisotopic (exact) mass is 371 g/mol. The first-order chi connectivity index (χ1) is 11.4. The molecule has 24 heavy (non-hydrogen) atoms. The molecule has 0 aromatic heterocycles. The summed E-state index contributed by atoms with van der Waals surface area (Å²) in [6, 6.07) is 12.3. The molecule has 2 aromatic rings. The standard InChI is InChI=1S/C17H19ClFNO3S/c1-20(10-12-23-17-5-3-2-4-16(17)19)11-13-24(21,22)15-8-6-14(18)7-9-15/h2-9H,10-13H2,1H3. The molecule has 2 rings (SSSR count). The predicted octanol–water partition coefficient (Wildman–Crippen LogP) is 3.26. The molecule has 0 spiro atoms. The van der Waals surface area contributed by atoms with Crippen molar-refractivity contribution in [3.8, 4) is 5.75 Å². The summed E-state index contributed by atoms with van der Waals surface area (Å²) in [6.07, 6.45) is 0. The van der Waals surface area contributed by atoms with Gasteiger partial charge in [-0.05, 0) is 43.4 Å². The van der Waals surface area contributed by atoms with E-state index in [9.17, 15) is 12.8 Å². The summed E-state index contributed by atoms with van der Waals surface area (Å²) in [5.41, 5.74) is 0. The second kappa shape index (κ2) is 8.46. The smallest absolute Gasteiger partial charge is 0.179 e. The van der Waals surface area contributed by atoms with Crippen molar-refractivity contribution in [3.63, 3.8) is 0 Å². The fourth-order valence-electron chi connectivity index (χ4n) is 2.02. The van der Waals surface area contributed by atoms with Crippen LogP contribution in [-0.4, -0.2) is 45.8 Å². The Kier molecular flexibility index (Phi) is 6.60. The lowest BCUT2D eigenvalue weighted by Crippen LogP contribution is -2.29. The normalized spacial score (nSPS) is 11.7. The summed E-state index contributed by atoms with van der Waals surface area (Å²) in [4.78, 5) is 2.08. The van der Waals surface area contributed by atoms with Gasteiger partial charge in [-0.3, -0.25) is 0 Å². The molecule has 7 heteroatoms. The summed E-state index contributed by atoms with van der Waals surface area (Å²) < 4.78 is 43.2. The van der Waals surface area contributed by atoms with Crippen LogP contribution in [0.25, 0.3) is 0 Å². The van der Waals surface area contributed by atoms with Crippen LogP contribution in [0.3, 0.4) is 0 Å². The number of hydrogen-bond acceptors (Lipinski definition) is 4. The Morgan fingerprint density at radius 2 is 1.75 bits per heavy atom. The predicted molar refractivity (Wildman–Crippen MR) is 92.9 cm³/mol. The van der Waals surface area contributed by atoms with Crippen LogP contribution >= 0.6 is 11.6 Å². The third-order valence-corrected chi connectivity index (χ3v) is 5.44. The van der Waals surface area contributed by atoms with Crippen molar-refractivity contribution in [3.05, 3.63) is 59.4 Å². The van der Waals surface area contributed by atoms with Crippen molar-refractivity contribution >= 4 is 21.4 Å². The summed E-state index contributed by atoms with van der Waals surface area (Å²) in [5.74, 6) is -0.227. The number of benzene rings is 2. The molecule has 0 N–H and O–H groups in total. The minimum absolute atomic E-state index is 0.00910. The van der Waals surface area contributed by atoms with Gasteiger partial charge in [-0.25, -0.2) is 12.8 Å². The van der Waals surface area contributed by atoms with Crippen LogP contribution < -0.4 is 4.74 Å². The summed E-state index contributed by atoms with van der Waals surface area (Å²) in [6.45, 7) is 1.12. The van der Waals surface area contributed by atoms with Crippen molar-refractivity contribution in [1.29, 1.82) is 0 Å². The number of halogens is 2. The quantitative estimate of drug-likeness (QED) is 0.714. The third kappa shape index (κ3) is 5.47. The maximum atomic E-state index is 13.4.